The number of rotatable bonds is 4. The second-order valence-corrected chi connectivity index (χ2v) is 4.67. The van der Waals surface area contributed by atoms with Gasteiger partial charge in [-0.25, -0.2) is 9.97 Å². The number of benzene rings is 1. The summed E-state index contributed by atoms with van der Waals surface area (Å²) in [6.07, 6.45) is 2.84. The minimum absolute atomic E-state index is 0.0419. The minimum Gasteiger partial charge on any atom is -0.481 e. The Morgan fingerprint density at radius 3 is 3.00 bits per heavy atom. The first-order valence-electron chi connectivity index (χ1n) is 6.25. The molecule has 1 heterocycles. The largest absolute Gasteiger partial charge is 0.481 e. The zero-order valence-electron chi connectivity index (χ0n) is 10.7. The van der Waals surface area contributed by atoms with Gasteiger partial charge in [-0.05, 0) is 23.5 Å². The molecule has 4 nitrogen and oxygen atoms in total. The highest BCUT2D eigenvalue weighted by Crippen LogP contribution is 2.37. The molecule has 0 N–H and O–H groups in total. The second-order valence-electron chi connectivity index (χ2n) is 4.67. The molecule has 1 aromatic heterocycles. The van der Waals surface area contributed by atoms with E-state index < -0.39 is 0 Å². The number of carbonyl (C=O) groups is 1. The molecule has 3 rings (SSSR count). The highest BCUT2D eigenvalue weighted by Gasteiger charge is 2.28. The molecule has 1 aliphatic carbocycles. The maximum atomic E-state index is 12.2. The summed E-state index contributed by atoms with van der Waals surface area (Å²) in [6.45, 7) is 0. The summed E-state index contributed by atoms with van der Waals surface area (Å²) in [6, 6.07) is 9.85. The van der Waals surface area contributed by atoms with E-state index in [1.54, 1.807) is 6.07 Å². The molecule has 0 spiro atoms. The van der Waals surface area contributed by atoms with Crippen molar-refractivity contribution in [3.8, 4) is 5.88 Å². The van der Waals surface area contributed by atoms with E-state index in [0.29, 0.717) is 23.9 Å². The molecule has 1 aliphatic rings. The van der Waals surface area contributed by atoms with Crippen LogP contribution in [0.25, 0.3) is 0 Å². The Morgan fingerprint density at radius 1 is 1.37 bits per heavy atom. The minimum atomic E-state index is 0.0419. The Bertz CT molecular complexity index is 625. The standard InChI is InChI=1S/C15H14N2O2/c1-19-15-8-13(16-9-17-15)14(18)7-11-6-10-4-2-3-5-12(10)11/h2-5,8-9,11H,6-7H2,1H3. The number of fused-ring (bicyclic) bond motifs is 1. The molecule has 0 radical (unpaired) electrons. The monoisotopic (exact) mass is 254 g/mol. The van der Waals surface area contributed by atoms with Gasteiger partial charge in [-0.2, -0.15) is 0 Å². The van der Waals surface area contributed by atoms with Crippen LogP contribution < -0.4 is 4.74 Å². The predicted molar refractivity (Wildman–Crippen MR) is 70.4 cm³/mol. The average Bonchev–Trinajstić information content (AvgIpc) is 2.44. The van der Waals surface area contributed by atoms with Crippen molar-refractivity contribution in [1.29, 1.82) is 0 Å². The van der Waals surface area contributed by atoms with Crippen molar-refractivity contribution in [2.75, 3.05) is 7.11 Å². The van der Waals surface area contributed by atoms with Crippen molar-refractivity contribution >= 4 is 5.78 Å². The van der Waals surface area contributed by atoms with Gasteiger partial charge in [0.1, 0.15) is 12.0 Å². The van der Waals surface area contributed by atoms with Crippen molar-refractivity contribution in [2.45, 2.75) is 18.8 Å². The van der Waals surface area contributed by atoms with Crippen LogP contribution in [0.15, 0.2) is 36.7 Å². The molecule has 0 amide bonds. The molecule has 4 heteroatoms. The lowest BCUT2D eigenvalue weighted by atomic mass is 9.75. The summed E-state index contributed by atoms with van der Waals surface area (Å²) < 4.78 is 5.00. The van der Waals surface area contributed by atoms with Crippen LogP contribution >= 0.6 is 0 Å². The molecule has 1 aromatic carbocycles. The Balaban J connectivity index is 1.73. The highest BCUT2D eigenvalue weighted by atomic mass is 16.5. The quantitative estimate of drug-likeness (QED) is 0.786. The number of methoxy groups -OCH3 is 1. The zero-order valence-corrected chi connectivity index (χ0v) is 10.7. The van der Waals surface area contributed by atoms with Crippen LogP contribution in [-0.2, 0) is 6.42 Å². The van der Waals surface area contributed by atoms with E-state index >= 15 is 0 Å². The van der Waals surface area contributed by atoms with Gasteiger partial charge in [-0.3, -0.25) is 4.79 Å². The summed E-state index contributed by atoms with van der Waals surface area (Å²) in [4.78, 5) is 20.1. The van der Waals surface area contributed by atoms with Crippen molar-refractivity contribution in [3.63, 3.8) is 0 Å². The average molecular weight is 254 g/mol. The van der Waals surface area contributed by atoms with Gasteiger partial charge in [0, 0.05) is 12.5 Å². The fourth-order valence-corrected chi connectivity index (χ4v) is 2.48. The van der Waals surface area contributed by atoms with Crippen molar-refractivity contribution in [1.82, 2.24) is 9.97 Å². The first kappa shape index (κ1) is 11.8. The van der Waals surface area contributed by atoms with E-state index in [4.69, 9.17) is 4.74 Å². The first-order valence-corrected chi connectivity index (χ1v) is 6.25. The van der Waals surface area contributed by atoms with Crippen LogP contribution in [0, 0.1) is 0 Å². The normalized spacial score (nSPS) is 16.4. The van der Waals surface area contributed by atoms with Crippen LogP contribution in [0.4, 0.5) is 0 Å². The molecule has 1 atom stereocenters. The molecule has 19 heavy (non-hydrogen) atoms. The molecule has 0 bridgehead atoms. The Morgan fingerprint density at radius 2 is 2.21 bits per heavy atom. The molecule has 2 aromatic rings. The molecule has 1 unspecified atom stereocenters. The van der Waals surface area contributed by atoms with Gasteiger partial charge in [0.2, 0.25) is 5.88 Å². The van der Waals surface area contributed by atoms with Crippen LogP contribution in [0.1, 0.15) is 34.0 Å². The number of hydrogen-bond acceptors (Lipinski definition) is 4. The van der Waals surface area contributed by atoms with Gasteiger partial charge < -0.3 is 4.74 Å². The first-order chi connectivity index (χ1) is 9.28. The van der Waals surface area contributed by atoms with Crippen LogP contribution in [0.5, 0.6) is 5.88 Å². The predicted octanol–water partition coefficient (Wildman–Crippen LogP) is 2.40. The Labute approximate surface area is 111 Å². The molecular weight excluding hydrogens is 240 g/mol. The number of carbonyl (C=O) groups excluding carboxylic acids is 1. The SMILES string of the molecule is COc1cc(C(=O)CC2Cc3ccccc32)ncn1. The lowest BCUT2D eigenvalue weighted by Crippen LogP contribution is -2.20. The summed E-state index contributed by atoms with van der Waals surface area (Å²) >= 11 is 0. The fraction of sp³-hybridized carbons (Fsp3) is 0.267. The second kappa shape index (κ2) is 4.80. The maximum Gasteiger partial charge on any atom is 0.216 e. The molecular formula is C15H14N2O2. The van der Waals surface area contributed by atoms with Gasteiger partial charge in [0.15, 0.2) is 5.78 Å². The van der Waals surface area contributed by atoms with Gasteiger partial charge >= 0.3 is 0 Å². The summed E-state index contributed by atoms with van der Waals surface area (Å²) in [5.41, 5.74) is 3.06. The lowest BCUT2D eigenvalue weighted by Gasteiger charge is -2.29. The van der Waals surface area contributed by atoms with Crippen molar-refractivity contribution in [3.05, 3.63) is 53.5 Å². The van der Waals surface area contributed by atoms with Crippen molar-refractivity contribution in [2.24, 2.45) is 0 Å². The maximum absolute atomic E-state index is 12.2. The smallest absolute Gasteiger partial charge is 0.216 e. The third kappa shape index (κ3) is 2.21. The number of aromatic nitrogens is 2. The van der Waals surface area contributed by atoms with E-state index in [9.17, 15) is 4.79 Å². The number of nitrogens with zero attached hydrogens (tertiary/aromatic N) is 2. The molecule has 0 saturated carbocycles. The van der Waals surface area contributed by atoms with Gasteiger partial charge in [-0.15, -0.1) is 0 Å². The summed E-state index contributed by atoms with van der Waals surface area (Å²) in [7, 11) is 1.53. The van der Waals surface area contributed by atoms with Gasteiger partial charge in [0.05, 0.1) is 7.11 Å². The van der Waals surface area contributed by atoms with Crippen LogP contribution in [0.2, 0.25) is 0 Å². The van der Waals surface area contributed by atoms with E-state index in [0.717, 1.165) is 6.42 Å². The van der Waals surface area contributed by atoms with E-state index in [2.05, 4.69) is 22.1 Å². The third-order valence-electron chi connectivity index (χ3n) is 3.53. The van der Waals surface area contributed by atoms with E-state index in [1.807, 2.05) is 12.1 Å². The molecule has 0 aliphatic heterocycles. The fourth-order valence-electron chi connectivity index (χ4n) is 2.48. The summed E-state index contributed by atoms with van der Waals surface area (Å²) in [5, 5.41) is 0. The van der Waals surface area contributed by atoms with Gasteiger partial charge in [-0.1, -0.05) is 24.3 Å². The Kier molecular flexibility index (Phi) is 2.99. The van der Waals surface area contributed by atoms with E-state index in [1.165, 1.54) is 24.6 Å². The van der Waals surface area contributed by atoms with Crippen LogP contribution in [0.3, 0.4) is 0 Å². The van der Waals surface area contributed by atoms with Gasteiger partial charge in [0.25, 0.3) is 0 Å². The number of ketones is 1. The van der Waals surface area contributed by atoms with Crippen molar-refractivity contribution < 1.29 is 9.53 Å². The number of Topliss-reactive ketones (excluding diaryl/α,β-unsaturated/α-hetero) is 1. The topological polar surface area (TPSA) is 52.1 Å². The number of hydrogen-bond donors (Lipinski definition) is 0. The third-order valence-corrected chi connectivity index (χ3v) is 3.53. The molecule has 0 fully saturated rings. The highest BCUT2D eigenvalue weighted by molar-refractivity contribution is 5.95. The lowest BCUT2D eigenvalue weighted by molar-refractivity contribution is 0.0965. The van der Waals surface area contributed by atoms with E-state index in [-0.39, 0.29) is 5.78 Å². The summed E-state index contributed by atoms with van der Waals surface area (Å²) in [5.74, 6) is 0.789. The molecule has 0 saturated heterocycles. The molecule has 96 valence electrons. The zero-order chi connectivity index (χ0) is 13.2. The Hall–Kier alpha value is -2.23. The van der Waals surface area contributed by atoms with Crippen LogP contribution in [-0.4, -0.2) is 22.9 Å². The number of ether oxygens (including phenoxy) is 1.